The van der Waals surface area contributed by atoms with Crippen LogP contribution >= 0.6 is 0 Å². The Balaban J connectivity index is 1.87. The Morgan fingerprint density at radius 3 is 3.05 bits per heavy atom. The van der Waals surface area contributed by atoms with Crippen molar-refractivity contribution in [1.29, 1.82) is 0 Å². The van der Waals surface area contributed by atoms with Gasteiger partial charge in [-0.25, -0.2) is 9.78 Å². The van der Waals surface area contributed by atoms with E-state index in [0.29, 0.717) is 28.7 Å². The summed E-state index contributed by atoms with van der Waals surface area (Å²) in [6.07, 6.45) is 0.396. The van der Waals surface area contributed by atoms with E-state index in [0.717, 1.165) is 0 Å². The van der Waals surface area contributed by atoms with Crippen LogP contribution in [0.4, 0.5) is 22.0 Å². The highest BCUT2D eigenvalue weighted by Crippen LogP contribution is 2.36. The second-order valence-electron chi connectivity index (χ2n) is 4.49. The number of hydrogen-bond acceptors (Lipinski definition) is 5. The maximum absolute atomic E-state index is 11.5. The summed E-state index contributed by atoms with van der Waals surface area (Å²) in [5, 5.41) is 16.5. The molecular formula is C14H12N4O4. The topological polar surface area (TPSA) is 113 Å². The quantitative estimate of drug-likeness (QED) is 0.692. The number of rotatable bonds is 3. The predicted octanol–water partition coefficient (Wildman–Crippen LogP) is 2.33. The summed E-state index contributed by atoms with van der Waals surface area (Å²) in [6, 6.07) is 8.10. The van der Waals surface area contributed by atoms with Gasteiger partial charge in [0.05, 0.1) is 6.54 Å². The van der Waals surface area contributed by atoms with Crippen LogP contribution in [0.25, 0.3) is 0 Å². The van der Waals surface area contributed by atoms with Crippen LogP contribution in [0.5, 0.6) is 11.5 Å². The Bertz CT molecular complexity index is 747. The minimum absolute atomic E-state index is 0.154. The van der Waals surface area contributed by atoms with Gasteiger partial charge in [0.15, 0.2) is 11.6 Å². The Morgan fingerprint density at radius 2 is 2.23 bits per heavy atom. The van der Waals surface area contributed by atoms with Crippen LogP contribution in [0.2, 0.25) is 0 Å². The van der Waals surface area contributed by atoms with Gasteiger partial charge in [0.25, 0.3) is 0 Å². The lowest BCUT2D eigenvalue weighted by Gasteiger charge is -2.20. The fourth-order valence-electron chi connectivity index (χ4n) is 2.02. The molecule has 0 fully saturated rings. The first-order chi connectivity index (χ1) is 10.6. The van der Waals surface area contributed by atoms with Gasteiger partial charge in [0, 0.05) is 24.0 Å². The number of ether oxygens (including phenoxy) is 1. The Hall–Kier alpha value is -3.29. The molecule has 1 aliphatic rings. The second-order valence-corrected chi connectivity index (χ2v) is 4.49. The van der Waals surface area contributed by atoms with Gasteiger partial charge in [0.2, 0.25) is 5.91 Å². The van der Waals surface area contributed by atoms with Crippen molar-refractivity contribution in [1.82, 2.24) is 4.98 Å². The van der Waals surface area contributed by atoms with Crippen molar-refractivity contribution < 1.29 is 19.4 Å². The third-order valence-corrected chi connectivity index (χ3v) is 2.91. The van der Waals surface area contributed by atoms with Gasteiger partial charge < -0.3 is 20.5 Å². The van der Waals surface area contributed by atoms with E-state index < -0.39 is 6.09 Å². The number of carbonyl (C=O) groups excluding carboxylic acids is 1. The Kier molecular flexibility index (Phi) is 3.48. The van der Waals surface area contributed by atoms with Crippen molar-refractivity contribution in [2.24, 2.45) is 0 Å². The highest BCUT2D eigenvalue weighted by atomic mass is 16.5. The van der Waals surface area contributed by atoms with Crippen molar-refractivity contribution >= 4 is 29.2 Å². The Labute approximate surface area is 125 Å². The van der Waals surface area contributed by atoms with Gasteiger partial charge in [-0.1, -0.05) is 6.07 Å². The van der Waals surface area contributed by atoms with E-state index in [-0.39, 0.29) is 12.5 Å². The van der Waals surface area contributed by atoms with Crippen LogP contribution in [0, 0.1) is 0 Å². The molecule has 0 spiro atoms. The van der Waals surface area contributed by atoms with E-state index in [1.54, 1.807) is 36.5 Å². The average Bonchev–Trinajstić information content (AvgIpc) is 2.47. The number of pyridine rings is 1. The third-order valence-electron chi connectivity index (χ3n) is 2.91. The number of nitrogens with one attached hydrogen (secondary N) is 3. The number of nitrogens with zero attached hydrogens (tertiary/aromatic N) is 1. The minimum Gasteiger partial charge on any atom is -0.465 e. The first kappa shape index (κ1) is 13.7. The van der Waals surface area contributed by atoms with Crippen molar-refractivity contribution in [2.75, 3.05) is 22.5 Å². The number of hydrogen-bond donors (Lipinski definition) is 4. The third kappa shape index (κ3) is 2.90. The van der Waals surface area contributed by atoms with Gasteiger partial charge in [-0.15, -0.1) is 0 Å². The summed E-state index contributed by atoms with van der Waals surface area (Å²) in [5.41, 5.74) is 0.838. The highest BCUT2D eigenvalue weighted by Gasteiger charge is 2.19. The van der Waals surface area contributed by atoms with Gasteiger partial charge in [0.1, 0.15) is 11.4 Å². The maximum Gasteiger partial charge on any atom is 0.409 e. The van der Waals surface area contributed by atoms with Gasteiger partial charge in [-0.3, -0.25) is 10.1 Å². The van der Waals surface area contributed by atoms with E-state index >= 15 is 0 Å². The van der Waals surface area contributed by atoms with E-state index in [2.05, 4.69) is 20.9 Å². The van der Waals surface area contributed by atoms with E-state index in [4.69, 9.17) is 9.84 Å². The Morgan fingerprint density at radius 1 is 1.36 bits per heavy atom. The molecule has 1 aliphatic heterocycles. The monoisotopic (exact) mass is 300 g/mol. The number of carboxylic acid groups (broad SMARTS) is 1. The first-order valence-electron chi connectivity index (χ1n) is 6.42. The smallest absolute Gasteiger partial charge is 0.409 e. The largest absolute Gasteiger partial charge is 0.465 e. The molecule has 2 heterocycles. The van der Waals surface area contributed by atoms with Gasteiger partial charge in [-0.2, -0.15) is 0 Å². The number of amides is 2. The summed E-state index contributed by atoms with van der Waals surface area (Å²) < 4.78 is 5.72. The lowest BCUT2D eigenvalue weighted by Crippen LogP contribution is -2.28. The predicted molar refractivity (Wildman–Crippen MR) is 79.5 cm³/mol. The van der Waals surface area contributed by atoms with Gasteiger partial charge in [-0.05, 0) is 12.1 Å². The standard InChI is InChI=1S/C14H12N4O4/c19-11-7-16-13-12(18-11)10(4-5-15-13)22-9-3-1-2-8(6-9)17-14(20)21/h1-6,17H,7H2,(H,15,16)(H,18,19)(H,20,21). The molecule has 0 saturated heterocycles. The van der Waals surface area contributed by atoms with Crippen LogP contribution in [-0.4, -0.2) is 28.6 Å². The zero-order chi connectivity index (χ0) is 15.5. The lowest BCUT2D eigenvalue weighted by atomic mass is 10.2. The number of carbonyl (C=O) groups is 2. The molecule has 0 radical (unpaired) electrons. The fourth-order valence-corrected chi connectivity index (χ4v) is 2.02. The molecule has 2 amide bonds. The fraction of sp³-hybridized carbons (Fsp3) is 0.0714. The molecule has 4 N–H and O–H groups in total. The number of benzene rings is 1. The maximum atomic E-state index is 11.5. The summed E-state index contributed by atoms with van der Waals surface area (Å²) in [6.45, 7) is 0.154. The van der Waals surface area contributed by atoms with Crippen LogP contribution in [0.1, 0.15) is 0 Å². The number of anilines is 3. The summed E-state index contributed by atoms with van der Waals surface area (Å²) >= 11 is 0. The first-order valence-corrected chi connectivity index (χ1v) is 6.42. The van der Waals surface area contributed by atoms with Crippen LogP contribution in [-0.2, 0) is 4.79 Å². The minimum atomic E-state index is -1.16. The molecule has 0 atom stereocenters. The molecule has 3 rings (SSSR count). The summed E-state index contributed by atoms with van der Waals surface area (Å²) in [7, 11) is 0. The van der Waals surface area contributed by atoms with Crippen molar-refractivity contribution in [3.05, 3.63) is 36.5 Å². The normalized spacial score (nSPS) is 12.6. The summed E-state index contributed by atoms with van der Waals surface area (Å²) in [4.78, 5) is 26.2. The van der Waals surface area contributed by atoms with Crippen molar-refractivity contribution in [3.63, 3.8) is 0 Å². The zero-order valence-electron chi connectivity index (χ0n) is 11.3. The SMILES string of the molecule is O=C(O)Nc1cccc(Oc2ccnc3c2NC(=O)CN3)c1. The molecule has 0 saturated carbocycles. The molecule has 0 unspecified atom stereocenters. The highest BCUT2D eigenvalue weighted by molar-refractivity contribution is 6.01. The second kappa shape index (κ2) is 5.60. The van der Waals surface area contributed by atoms with Crippen molar-refractivity contribution in [2.45, 2.75) is 0 Å². The number of aromatic nitrogens is 1. The van der Waals surface area contributed by atoms with E-state index in [9.17, 15) is 9.59 Å². The molecular weight excluding hydrogens is 288 g/mol. The van der Waals surface area contributed by atoms with E-state index in [1.165, 1.54) is 0 Å². The zero-order valence-corrected chi connectivity index (χ0v) is 11.3. The number of fused-ring (bicyclic) bond motifs is 1. The molecule has 112 valence electrons. The average molecular weight is 300 g/mol. The molecule has 0 aliphatic carbocycles. The molecule has 8 heteroatoms. The van der Waals surface area contributed by atoms with Crippen LogP contribution in [0.15, 0.2) is 36.5 Å². The molecule has 8 nitrogen and oxygen atoms in total. The van der Waals surface area contributed by atoms with Crippen LogP contribution < -0.4 is 20.7 Å². The summed E-state index contributed by atoms with van der Waals surface area (Å²) in [5.74, 6) is 1.18. The molecule has 22 heavy (non-hydrogen) atoms. The molecule has 2 aromatic rings. The molecule has 0 bridgehead atoms. The van der Waals surface area contributed by atoms with Gasteiger partial charge >= 0.3 is 6.09 Å². The van der Waals surface area contributed by atoms with Crippen molar-refractivity contribution in [3.8, 4) is 11.5 Å². The van der Waals surface area contributed by atoms with Crippen LogP contribution in [0.3, 0.4) is 0 Å². The van der Waals surface area contributed by atoms with E-state index in [1.807, 2.05) is 0 Å². The molecule has 1 aromatic heterocycles. The lowest BCUT2D eigenvalue weighted by molar-refractivity contribution is -0.114. The molecule has 1 aromatic carbocycles.